The van der Waals surface area contributed by atoms with E-state index >= 15 is 0 Å². The Morgan fingerprint density at radius 1 is 1.11 bits per heavy atom. The number of hydrogen-bond donors (Lipinski definition) is 1. The number of fused-ring (bicyclic) bond motifs is 1. The van der Waals surface area contributed by atoms with E-state index in [0.717, 1.165) is 12.8 Å². The molecule has 0 saturated heterocycles. The van der Waals surface area contributed by atoms with Crippen LogP contribution in [0.3, 0.4) is 0 Å². The highest BCUT2D eigenvalue weighted by atomic mass is 15.0. The summed E-state index contributed by atoms with van der Waals surface area (Å²) in [6.07, 6.45) is 3.45. The summed E-state index contributed by atoms with van der Waals surface area (Å²) < 4.78 is 2.39. The van der Waals surface area contributed by atoms with Gasteiger partial charge in [0.25, 0.3) is 0 Å². The molecule has 2 heteroatoms. The SMILES string of the molecule is Cc1ccc(-n2c(C)cc3c2CCCC3N)cc1C. The van der Waals surface area contributed by atoms with Gasteiger partial charge in [-0.3, -0.25) is 0 Å². The van der Waals surface area contributed by atoms with Gasteiger partial charge >= 0.3 is 0 Å². The van der Waals surface area contributed by atoms with Crippen LogP contribution in [-0.4, -0.2) is 4.57 Å². The summed E-state index contributed by atoms with van der Waals surface area (Å²) in [5.41, 5.74) is 14.3. The summed E-state index contributed by atoms with van der Waals surface area (Å²) in [4.78, 5) is 0. The van der Waals surface area contributed by atoms with E-state index in [1.807, 2.05) is 0 Å². The second-order valence-corrected chi connectivity index (χ2v) is 5.79. The first-order chi connectivity index (χ1) is 9.08. The van der Waals surface area contributed by atoms with Gasteiger partial charge in [0.05, 0.1) is 0 Å². The molecule has 0 fully saturated rings. The van der Waals surface area contributed by atoms with Crippen molar-refractivity contribution < 1.29 is 0 Å². The molecular weight excluding hydrogens is 232 g/mol. The number of benzene rings is 1. The van der Waals surface area contributed by atoms with Crippen molar-refractivity contribution in [3.8, 4) is 5.69 Å². The van der Waals surface area contributed by atoms with Crippen molar-refractivity contribution in [2.45, 2.75) is 46.1 Å². The van der Waals surface area contributed by atoms with Crippen molar-refractivity contribution in [1.82, 2.24) is 4.57 Å². The third-order valence-electron chi connectivity index (χ3n) is 4.40. The first-order valence-electron chi connectivity index (χ1n) is 7.12. The average Bonchev–Trinajstić information content (AvgIpc) is 2.71. The quantitative estimate of drug-likeness (QED) is 0.825. The lowest BCUT2D eigenvalue weighted by Crippen LogP contribution is -2.18. The normalized spacial score (nSPS) is 18.4. The van der Waals surface area contributed by atoms with E-state index in [1.165, 1.54) is 40.2 Å². The van der Waals surface area contributed by atoms with E-state index in [-0.39, 0.29) is 6.04 Å². The minimum atomic E-state index is 0.218. The molecule has 1 unspecified atom stereocenters. The molecule has 19 heavy (non-hydrogen) atoms. The lowest BCUT2D eigenvalue weighted by atomic mass is 9.93. The molecule has 0 radical (unpaired) electrons. The molecule has 0 spiro atoms. The molecule has 100 valence electrons. The van der Waals surface area contributed by atoms with Gasteiger partial charge in [0.2, 0.25) is 0 Å². The molecule has 3 rings (SSSR count). The Kier molecular flexibility index (Phi) is 2.98. The minimum Gasteiger partial charge on any atom is -0.324 e. The lowest BCUT2D eigenvalue weighted by Gasteiger charge is -2.21. The van der Waals surface area contributed by atoms with Gasteiger partial charge in [-0.1, -0.05) is 6.07 Å². The van der Waals surface area contributed by atoms with Gasteiger partial charge in [0, 0.05) is 23.1 Å². The fourth-order valence-corrected chi connectivity index (χ4v) is 3.16. The van der Waals surface area contributed by atoms with Crippen LogP contribution in [0.5, 0.6) is 0 Å². The Balaban J connectivity index is 2.17. The Bertz CT molecular complexity index is 622. The summed E-state index contributed by atoms with van der Waals surface area (Å²) in [6, 6.07) is 9.20. The highest BCUT2D eigenvalue weighted by Gasteiger charge is 2.22. The summed E-state index contributed by atoms with van der Waals surface area (Å²) in [7, 11) is 0. The van der Waals surface area contributed by atoms with Crippen molar-refractivity contribution in [2.24, 2.45) is 5.73 Å². The summed E-state index contributed by atoms with van der Waals surface area (Å²) >= 11 is 0. The molecule has 2 aromatic rings. The van der Waals surface area contributed by atoms with E-state index in [9.17, 15) is 0 Å². The number of nitrogens with zero attached hydrogens (tertiary/aromatic N) is 1. The van der Waals surface area contributed by atoms with E-state index in [0.29, 0.717) is 0 Å². The smallest absolute Gasteiger partial charge is 0.0457 e. The van der Waals surface area contributed by atoms with Crippen molar-refractivity contribution in [2.75, 3.05) is 0 Å². The largest absolute Gasteiger partial charge is 0.324 e. The highest BCUT2D eigenvalue weighted by molar-refractivity contribution is 5.46. The van der Waals surface area contributed by atoms with Gasteiger partial charge in [0.15, 0.2) is 0 Å². The van der Waals surface area contributed by atoms with E-state index in [1.54, 1.807) is 0 Å². The van der Waals surface area contributed by atoms with Gasteiger partial charge in [0.1, 0.15) is 0 Å². The zero-order valence-corrected chi connectivity index (χ0v) is 12.0. The Hall–Kier alpha value is -1.54. The molecule has 0 saturated carbocycles. The monoisotopic (exact) mass is 254 g/mol. The predicted molar refractivity (Wildman–Crippen MR) is 79.8 cm³/mol. The van der Waals surface area contributed by atoms with Crippen molar-refractivity contribution in [1.29, 1.82) is 0 Å². The highest BCUT2D eigenvalue weighted by Crippen LogP contribution is 2.33. The third kappa shape index (κ3) is 2.00. The fourth-order valence-electron chi connectivity index (χ4n) is 3.16. The van der Waals surface area contributed by atoms with Crippen LogP contribution < -0.4 is 5.73 Å². The second kappa shape index (κ2) is 4.53. The van der Waals surface area contributed by atoms with Gasteiger partial charge in [-0.2, -0.15) is 0 Å². The topological polar surface area (TPSA) is 30.9 Å². The van der Waals surface area contributed by atoms with Crippen LogP contribution in [0, 0.1) is 20.8 Å². The first-order valence-corrected chi connectivity index (χ1v) is 7.12. The Morgan fingerprint density at radius 2 is 1.89 bits per heavy atom. The van der Waals surface area contributed by atoms with Crippen molar-refractivity contribution >= 4 is 0 Å². The number of nitrogens with two attached hydrogens (primary N) is 1. The number of rotatable bonds is 1. The molecule has 1 aromatic carbocycles. The molecule has 0 aliphatic heterocycles. The van der Waals surface area contributed by atoms with Crippen LogP contribution in [0.2, 0.25) is 0 Å². The number of aromatic nitrogens is 1. The molecular formula is C17H22N2. The molecule has 1 aliphatic carbocycles. The molecule has 0 amide bonds. The summed E-state index contributed by atoms with van der Waals surface area (Å²) in [5.74, 6) is 0. The predicted octanol–water partition coefficient (Wildman–Crippen LogP) is 3.74. The maximum atomic E-state index is 6.25. The lowest BCUT2D eigenvalue weighted by molar-refractivity contribution is 0.560. The van der Waals surface area contributed by atoms with Gasteiger partial charge in [-0.25, -0.2) is 0 Å². The molecule has 2 nitrogen and oxygen atoms in total. The Morgan fingerprint density at radius 3 is 2.63 bits per heavy atom. The van der Waals surface area contributed by atoms with Crippen molar-refractivity contribution in [3.63, 3.8) is 0 Å². The van der Waals surface area contributed by atoms with E-state index < -0.39 is 0 Å². The number of aryl methyl sites for hydroxylation is 3. The van der Waals surface area contributed by atoms with Crippen LogP contribution in [-0.2, 0) is 6.42 Å². The van der Waals surface area contributed by atoms with Crippen LogP contribution in [0.25, 0.3) is 5.69 Å². The zero-order valence-electron chi connectivity index (χ0n) is 12.0. The van der Waals surface area contributed by atoms with Crippen LogP contribution in [0.15, 0.2) is 24.3 Å². The molecule has 2 N–H and O–H groups in total. The van der Waals surface area contributed by atoms with Crippen LogP contribution >= 0.6 is 0 Å². The summed E-state index contributed by atoms with van der Waals surface area (Å²) in [5, 5.41) is 0. The first kappa shape index (κ1) is 12.5. The minimum absolute atomic E-state index is 0.218. The zero-order chi connectivity index (χ0) is 13.6. The summed E-state index contributed by atoms with van der Waals surface area (Å²) in [6.45, 7) is 6.52. The molecule has 1 heterocycles. The van der Waals surface area contributed by atoms with E-state index in [4.69, 9.17) is 5.73 Å². The molecule has 1 atom stereocenters. The van der Waals surface area contributed by atoms with Gasteiger partial charge in [-0.05, 0) is 74.9 Å². The second-order valence-electron chi connectivity index (χ2n) is 5.79. The molecule has 0 bridgehead atoms. The number of hydrogen-bond acceptors (Lipinski definition) is 1. The fraction of sp³-hybridized carbons (Fsp3) is 0.412. The third-order valence-corrected chi connectivity index (χ3v) is 4.40. The maximum Gasteiger partial charge on any atom is 0.0457 e. The maximum absolute atomic E-state index is 6.25. The van der Waals surface area contributed by atoms with Gasteiger partial charge in [-0.15, -0.1) is 0 Å². The standard InChI is InChI=1S/C17H22N2/c1-11-7-8-14(9-12(11)2)19-13(3)10-15-16(18)5-4-6-17(15)19/h7-10,16H,4-6,18H2,1-3H3. The van der Waals surface area contributed by atoms with Crippen LogP contribution in [0.4, 0.5) is 0 Å². The molecule has 1 aliphatic rings. The Labute approximate surface area is 115 Å². The van der Waals surface area contributed by atoms with Crippen LogP contribution in [0.1, 0.15) is 47.0 Å². The van der Waals surface area contributed by atoms with Gasteiger partial charge < -0.3 is 10.3 Å². The average molecular weight is 254 g/mol. The molecule has 1 aromatic heterocycles. The van der Waals surface area contributed by atoms with E-state index in [2.05, 4.69) is 49.6 Å². The van der Waals surface area contributed by atoms with Crippen molar-refractivity contribution in [3.05, 3.63) is 52.3 Å².